The van der Waals surface area contributed by atoms with Crippen LogP contribution in [0.1, 0.15) is 10.5 Å². The molecule has 1 rings (SSSR count). The predicted octanol–water partition coefficient (Wildman–Crippen LogP) is 0.520. The number of hydrogen-bond donors (Lipinski definition) is 2. The van der Waals surface area contributed by atoms with Crippen LogP contribution in [-0.4, -0.2) is 21.0 Å². The fourth-order valence-corrected chi connectivity index (χ4v) is 0.772. The second-order valence-electron chi connectivity index (χ2n) is 1.74. The van der Waals surface area contributed by atoms with E-state index in [2.05, 4.69) is 25.9 Å². The average Bonchev–Trinajstić information content (AvgIpc) is 1.94. The summed E-state index contributed by atoms with van der Waals surface area (Å²) < 4.78 is 0.248. The van der Waals surface area contributed by atoms with Crippen LogP contribution in [0.25, 0.3) is 0 Å². The van der Waals surface area contributed by atoms with Gasteiger partial charge in [0.05, 0.1) is 6.20 Å². The highest BCUT2D eigenvalue weighted by Gasteiger charge is 2.06. The zero-order valence-corrected chi connectivity index (χ0v) is 6.87. The molecule has 0 aliphatic rings. The Morgan fingerprint density at radius 2 is 2.36 bits per heavy atom. The van der Waals surface area contributed by atoms with E-state index in [1.807, 2.05) is 0 Å². The van der Waals surface area contributed by atoms with Crippen LogP contribution >= 0.6 is 15.9 Å². The molecular formula is C5H4BrN3O2. The number of rotatable bonds is 1. The summed E-state index contributed by atoms with van der Waals surface area (Å²) in [6.07, 6.45) is 1.10. The Labute approximate surface area is 70.4 Å². The summed E-state index contributed by atoms with van der Waals surface area (Å²) in [6.45, 7) is 0. The quantitative estimate of drug-likeness (QED) is 0.717. The molecule has 0 aromatic carbocycles. The van der Waals surface area contributed by atoms with E-state index in [1.54, 1.807) is 0 Å². The molecule has 5 nitrogen and oxygen atoms in total. The van der Waals surface area contributed by atoms with Gasteiger partial charge in [-0.1, -0.05) is 0 Å². The first-order valence-electron chi connectivity index (χ1n) is 2.62. The van der Waals surface area contributed by atoms with Crippen molar-refractivity contribution in [1.29, 1.82) is 0 Å². The first kappa shape index (κ1) is 7.93. The van der Waals surface area contributed by atoms with Gasteiger partial charge < -0.3 is 10.8 Å². The van der Waals surface area contributed by atoms with Crippen LogP contribution in [0.3, 0.4) is 0 Å². The largest absolute Gasteiger partial charge is 0.476 e. The lowest BCUT2D eigenvalue weighted by molar-refractivity contribution is 0.0690. The first-order valence-corrected chi connectivity index (χ1v) is 3.42. The molecule has 0 aliphatic carbocycles. The molecule has 0 fully saturated rings. The Morgan fingerprint density at radius 3 is 2.82 bits per heavy atom. The third kappa shape index (κ3) is 1.64. The monoisotopic (exact) mass is 217 g/mol. The molecule has 0 unspecified atom stereocenters. The van der Waals surface area contributed by atoms with Gasteiger partial charge in [-0.3, -0.25) is 0 Å². The summed E-state index contributed by atoms with van der Waals surface area (Å²) in [7, 11) is 0. The van der Waals surface area contributed by atoms with E-state index in [-0.39, 0.29) is 16.1 Å². The van der Waals surface area contributed by atoms with Crippen LogP contribution in [0, 0.1) is 0 Å². The van der Waals surface area contributed by atoms with Crippen molar-refractivity contribution < 1.29 is 9.90 Å². The van der Waals surface area contributed by atoms with Gasteiger partial charge in [0.1, 0.15) is 4.60 Å². The second-order valence-corrected chi connectivity index (χ2v) is 2.49. The van der Waals surface area contributed by atoms with Crippen molar-refractivity contribution >= 4 is 27.7 Å². The Kier molecular flexibility index (Phi) is 2.04. The lowest BCUT2D eigenvalue weighted by Crippen LogP contribution is -2.03. The lowest BCUT2D eigenvalue weighted by Gasteiger charge is -1.96. The molecule has 0 saturated carbocycles. The van der Waals surface area contributed by atoms with Crippen molar-refractivity contribution in [3.63, 3.8) is 0 Å². The van der Waals surface area contributed by atoms with Gasteiger partial charge in [0.2, 0.25) is 0 Å². The van der Waals surface area contributed by atoms with Gasteiger partial charge in [0, 0.05) is 0 Å². The van der Waals surface area contributed by atoms with Gasteiger partial charge >= 0.3 is 5.97 Å². The van der Waals surface area contributed by atoms with Gasteiger partial charge in [0.25, 0.3) is 0 Å². The molecule has 11 heavy (non-hydrogen) atoms. The summed E-state index contributed by atoms with van der Waals surface area (Å²) >= 11 is 2.95. The standard InChI is InChI=1S/C5H4BrN3O2/c6-3-4(7)8-1-2(9-3)5(10)11/h1H,(H2,7,8)(H,10,11). The third-order valence-corrected chi connectivity index (χ3v) is 1.56. The Bertz CT molecular complexity index is 302. The molecule has 0 aliphatic heterocycles. The van der Waals surface area contributed by atoms with Crippen LogP contribution in [0.2, 0.25) is 0 Å². The second kappa shape index (κ2) is 2.83. The topological polar surface area (TPSA) is 89.1 Å². The van der Waals surface area contributed by atoms with E-state index in [1.165, 1.54) is 0 Å². The third-order valence-electron chi connectivity index (χ3n) is 0.975. The summed E-state index contributed by atoms with van der Waals surface area (Å²) in [5.41, 5.74) is 5.14. The minimum Gasteiger partial charge on any atom is -0.476 e. The number of carboxylic acids is 1. The zero-order chi connectivity index (χ0) is 8.43. The van der Waals surface area contributed by atoms with Crippen LogP contribution in [-0.2, 0) is 0 Å². The molecule has 0 bridgehead atoms. The molecule has 1 aromatic heterocycles. The van der Waals surface area contributed by atoms with Gasteiger partial charge in [-0.15, -0.1) is 0 Å². The summed E-state index contributed by atoms with van der Waals surface area (Å²) in [5.74, 6) is -0.951. The van der Waals surface area contributed by atoms with Gasteiger partial charge in [-0.05, 0) is 15.9 Å². The van der Waals surface area contributed by atoms with E-state index in [9.17, 15) is 4.79 Å². The van der Waals surface area contributed by atoms with Gasteiger partial charge in [0.15, 0.2) is 11.5 Å². The zero-order valence-electron chi connectivity index (χ0n) is 5.28. The summed E-state index contributed by atoms with van der Waals surface area (Å²) in [6, 6.07) is 0. The van der Waals surface area contributed by atoms with Crippen molar-refractivity contribution in [1.82, 2.24) is 9.97 Å². The van der Waals surface area contributed by atoms with Gasteiger partial charge in [-0.2, -0.15) is 0 Å². The Balaban J connectivity index is 3.15. The molecule has 1 aromatic rings. The number of nitrogen functional groups attached to an aromatic ring is 1. The normalized spacial score (nSPS) is 9.55. The number of carbonyl (C=O) groups is 1. The van der Waals surface area contributed by atoms with Crippen LogP contribution in [0.4, 0.5) is 5.82 Å². The van der Waals surface area contributed by atoms with E-state index >= 15 is 0 Å². The maximum absolute atomic E-state index is 10.3. The first-order chi connectivity index (χ1) is 5.11. The predicted molar refractivity (Wildman–Crippen MR) is 41.1 cm³/mol. The number of aromatic carboxylic acids is 1. The number of halogens is 1. The molecule has 0 radical (unpaired) electrons. The molecule has 6 heteroatoms. The molecule has 3 N–H and O–H groups in total. The molecular weight excluding hydrogens is 214 g/mol. The fourth-order valence-electron chi connectivity index (χ4n) is 0.479. The van der Waals surface area contributed by atoms with Crippen LogP contribution < -0.4 is 5.73 Å². The highest BCUT2D eigenvalue weighted by atomic mass is 79.9. The number of hydrogen-bond acceptors (Lipinski definition) is 4. The number of nitrogens with zero attached hydrogens (tertiary/aromatic N) is 2. The Morgan fingerprint density at radius 1 is 1.73 bits per heavy atom. The minimum absolute atomic E-state index is 0.133. The van der Waals surface area contributed by atoms with Gasteiger partial charge in [-0.25, -0.2) is 14.8 Å². The molecule has 0 amide bonds. The van der Waals surface area contributed by atoms with E-state index in [0.29, 0.717) is 0 Å². The van der Waals surface area contributed by atoms with Crippen molar-refractivity contribution in [2.45, 2.75) is 0 Å². The Hall–Kier alpha value is -1.17. The maximum atomic E-state index is 10.3. The smallest absolute Gasteiger partial charge is 0.356 e. The number of aromatic nitrogens is 2. The molecule has 0 spiro atoms. The van der Waals surface area contributed by atoms with Crippen molar-refractivity contribution in [2.75, 3.05) is 5.73 Å². The van der Waals surface area contributed by atoms with Crippen LogP contribution in [0.5, 0.6) is 0 Å². The van der Waals surface area contributed by atoms with E-state index < -0.39 is 5.97 Å². The van der Waals surface area contributed by atoms with Crippen molar-refractivity contribution in [2.24, 2.45) is 0 Å². The van der Waals surface area contributed by atoms with E-state index in [0.717, 1.165) is 6.20 Å². The minimum atomic E-state index is -1.13. The van der Waals surface area contributed by atoms with Crippen LogP contribution in [0.15, 0.2) is 10.8 Å². The fraction of sp³-hybridized carbons (Fsp3) is 0. The highest BCUT2D eigenvalue weighted by molar-refractivity contribution is 9.10. The summed E-state index contributed by atoms with van der Waals surface area (Å²) in [5, 5.41) is 8.44. The molecule has 58 valence electrons. The average molecular weight is 218 g/mol. The van der Waals surface area contributed by atoms with Crippen molar-refractivity contribution in [3.8, 4) is 0 Å². The maximum Gasteiger partial charge on any atom is 0.356 e. The summed E-state index contributed by atoms with van der Waals surface area (Å²) in [4.78, 5) is 17.5. The van der Waals surface area contributed by atoms with E-state index in [4.69, 9.17) is 10.8 Å². The number of anilines is 1. The molecule has 1 heterocycles. The SMILES string of the molecule is Nc1ncc(C(=O)O)nc1Br. The number of carboxylic acid groups (broad SMARTS) is 1. The molecule has 0 atom stereocenters. The number of nitrogens with two attached hydrogens (primary N) is 1. The molecule has 0 saturated heterocycles. The lowest BCUT2D eigenvalue weighted by atomic mass is 10.5. The highest BCUT2D eigenvalue weighted by Crippen LogP contribution is 2.12. The van der Waals surface area contributed by atoms with Crippen molar-refractivity contribution in [3.05, 3.63) is 16.5 Å².